The predicted molar refractivity (Wildman–Crippen MR) is 105 cm³/mol. The first-order valence-corrected chi connectivity index (χ1v) is 10.0. The zero-order valence-corrected chi connectivity index (χ0v) is 15.7. The molecule has 0 aliphatic carbocycles. The van der Waals surface area contributed by atoms with Gasteiger partial charge in [0.2, 0.25) is 5.91 Å². The third kappa shape index (κ3) is 4.07. The topological polar surface area (TPSA) is 72.2 Å². The van der Waals surface area contributed by atoms with Gasteiger partial charge in [0.1, 0.15) is 12.4 Å². The number of carbonyl (C=O) groups excluding carboxylic acids is 1. The van der Waals surface area contributed by atoms with Crippen LogP contribution in [0.5, 0.6) is 0 Å². The van der Waals surface area contributed by atoms with Gasteiger partial charge in [0.05, 0.1) is 0 Å². The Morgan fingerprint density at radius 3 is 2.44 bits per heavy atom. The van der Waals surface area contributed by atoms with E-state index in [1.165, 1.54) is 29.6 Å². The van der Waals surface area contributed by atoms with Crippen LogP contribution in [0.1, 0.15) is 44.3 Å². The summed E-state index contributed by atoms with van der Waals surface area (Å²) < 4.78 is 3.01. The summed E-state index contributed by atoms with van der Waals surface area (Å²) in [4.78, 5) is 27.2. The van der Waals surface area contributed by atoms with Gasteiger partial charge in [-0.2, -0.15) is 5.10 Å². The molecule has 3 heterocycles. The number of amides is 1. The van der Waals surface area contributed by atoms with Crippen LogP contribution in [0.25, 0.3) is 0 Å². The van der Waals surface area contributed by atoms with Crippen LogP contribution in [0.4, 0.5) is 11.4 Å². The van der Waals surface area contributed by atoms with Crippen molar-refractivity contribution in [1.82, 2.24) is 14.3 Å². The van der Waals surface area contributed by atoms with Crippen molar-refractivity contribution < 1.29 is 4.79 Å². The van der Waals surface area contributed by atoms with Gasteiger partial charge in [-0.25, -0.2) is 9.48 Å². The number of rotatable bonds is 4. The average Bonchev–Trinajstić information content (AvgIpc) is 2.86. The summed E-state index contributed by atoms with van der Waals surface area (Å²) >= 11 is 0. The SMILES string of the molecule is O=C(Cn1nc2n(c1=O)CCCCC2)Nc1ccc(N2CCCCC2)cc1. The number of carbonyl (C=O) groups is 1. The fraction of sp³-hybridized carbons (Fsp3) is 0.550. The Morgan fingerprint density at radius 2 is 1.67 bits per heavy atom. The molecule has 1 N–H and O–H groups in total. The van der Waals surface area contributed by atoms with Gasteiger partial charge in [0.25, 0.3) is 0 Å². The molecular weight excluding hydrogens is 342 g/mol. The molecule has 2 aliphatic rings. The molecule has 0 radical (unpaired) electrons. The zero-order valence-electron chi connectivity index (χ0n) is 15.7. The van der Waals surface area contributed by atoms with Crippen molar-refractivity contribution in [3.63, 3.8) is 0 Å². The number of piperidine rings is 1. The Morgan fingerprint density at radius 1 is 0.963 bits per heavy atom. The Bertz CT molecular complexity index is 846. The van der Waals surface area contributed by atoms with Crippen LogP contribution in [0.3, 0.4) is 0 Å². The molecule has 0 unspecified atom stereocenters. The number of aryl methyl sites for hydroxylation is 1. The molecular formula is C20H27N5O2. The monoisotopic (exact) mass is 369 g/mol. The minimum Gasteiger partial charge on any atom is -0.372 e. The third-order valence-corrected chi connectivity index (χ3v) is 5.45. The van der Waals surface area contributed by atoms with Crippen LogP contribution in [0.2, 0.25) is 0 Å². The van der Waals surface area contributed by atoms with Crippen LogP contribution in [0.15, 0.2) is 29.1 Å². The predicted octanol–water partition coefficient (Wildman–Crippen LogP) is 2.40. The van der Waals surface area contributed by atoms with Crippen molar-refractivity contribution in [3.05, 3.63) is 40.6 Å². The highest BCUT2D eigenvalue weighted by Gasteiger charge is 2.17. The average molecular weight is 369 g/mol. The maximum absolute atomic E-state index is 12.5. The number of hydrogen-bond donors (Lipinski definition) is 1. The molecule has 4 rings (SSSR count). The second-order valence-corrected chi connectivity index (χ2v) is 7.46. The zero-order chi connectivity index (χ0) is 18.6. The summed E-state index contributed by atoms with van der Waals surface area (Å²) in [6, 6.07) is 7.94. The van der Waals surface area contributed by atoms with Crippen molar-refractivity contribution in [2.75, 3.05) is 23.3 Å². The van der Waals surface area contributed by atoms with Gasteiger partial charge in [0, 0.05) is 37.4 Å². The molecule has 27 heavy (non-hydrogen) atoms. The number of anilines is 2. The third-order valence-electron chi connectivity index (χ3n) is 5.45. The highest BCUT2D eigenvalue weighted by Crippen LogP contribution is 2.21. The normalized spacial score (nSPS) is 17.3. The van der Waals surface area contributed by atoms with Crippen molar-refractivity contribution in [2.45, 2.75) is 58.0 Å². The molecule has 7 heteroatoms. The lowest BCUT2D eigenvalue weighted by Crippen LogP contribution is -2.30. The van der Waals surface area contributed by atoms with Crippen molar-refractivity contribution >= 4 is 17.3 Å². The van der Waals surface area contributed by atoms with E-state index in [1.807, 2.05) is 24.3 Å². The molecule has 0 atom stereocenters. The number of hydrogen-bond acceptors (Lipinski definition) is 4. The number of benzene rings is 1. The van der Waals surface area contributed by atoms with E-state index in [0.29, 0.717) is 6.54 Å². The van der Waals surface area contributed by atoms with E-state index < -0.39 is 0 Å². The van der Waals surface area contributed by atoms with Crippen LogP contribution in [-0.4, -0.2) is 33.3 Å². The molecule has 2 aliphatic heterocycles. The van der Waals surface area contributed by atoms with E-state index in [9.17, 15) is 9.59 Å². The van der Waals surface area contributed by atoms with Gasteiger partial charge >= 0.3 is 5.69 Å². The van der Waals surface area contributed by atoms with E-state index in [1.54, 1.807) is 4.57 Å². The molecule has 0 bridgehead atoms. The largest absolute Gasteiger partial charge is 0.372 e. The Kier molecular flexibility index (Phi) is 5.27. The second-order valence-electron chi connectivity index (χ2n) is 7.46. The maximum Gasteiger partial charge on any atom is 0.346 e. The number of nitrogens with zero attached hydrogens (tertiary/aromatic N) is 4. The summed E-state index contributed by atoms with van der Waals surface area (Å²) in [5.41, 5.74) is 1.76. The summed E-state index contributed by atoms with van der Waals surface area (Å²) in [7, 11) is 0. The Labute approximate surface area is 159 Å². The first-order valence-electron chi connectivity index (χ1n) is 10.0. The second kappa shape index (κ2) is 7.98. The summed E-state index contributed by atoms with van der Waals surface area (Å²) in [6.07, 6.45) is 7.75. The van der Waals surface area contributed by atoms with Gasteiger partial charge in [-0.1, -0.05) is 6.42 Å². The smallest absolute Gasteiger partial charge is 0.346 e. The van der Waals surface area contributed by atoms with E-state index in [0.717, 1.165) is 50.3 Å². The molecule has 0 saturated carbocycles. The van der Waals surface area contributed by atoms with Crippen LogP contribution in [0, 0.1) is 0 Å². The molecule has 1 amide bonds. The molecule has 1 fully saturated rings. The van der Waals surface area contributed by atoms with E-state index >= 15 is 0 Å². The van der Waals surface area contributed by atoms with E-state index in [4.69, 9.17) is 0 Å². The number of fused-ring (bicyclic) bond motifs is 1. The maximum atomic E-state index is 12.5. The molecule has 1 aromatic carbocycles. The fourth-order valence-corrected chi connectivity index (χ4v) is 3.97. The Balaban J connectivity index is 1.39. The lowest BCUT2D eigenvalue weighted by atomic mass is 10.1. The minimum atomic E-state index is -0.226. The van der Waals surface area contributed by atoms with Crippen molar-refractivity contribution in [3.8, 4) is 0 Å². The Hall–Kier alpha value is -2.57. The van der Waals surface area contributed by atoms with Crippen LogP contribution >= 0.6 is 0 Å². The van der Waals surface area contributed by atoms with Crippen molar-refractivity contribution in [1.29, 1.82) is 0 Å². The van der Waals surface area contributed by atoms with Gasteiger partial charge in [-0.15, -0.1) is 0 Å². The van der Waals surface area contributed by atoms with E-state index in [2.05, 4.69) is 15.3 Å². The summed E-state index contributed by atoms with van der Waals surface area (Å²) in [6.45, 7) is 2.85. The summed E-state index contributed by atoms with van der Waals surface area (Å²) in [5, 5.41) is 7.24. The van der Waals surface area contributed by atoms with Gasteiger partial charge in [-0.3, -0.25) is 9.36 Å². The molecule has 1 aromatic heterocycles. The number of aromatic nitrogens is 3. The molecule has 7 nitrogen and oxygen atoms in total. The standard InChI is InChI=1S/C20H27N5O2/c26-19(15-25-20(27)24-14-6-1-3-7-18(24)22-25)21-16-8-10-17(11-9-16)23-12-4-2-5-13-23/h8-11H,1-7,12-15H2,(H,21,26). The first-order chi connectivity index (χ1) is 13.2. The first kappa shape index (κ1) is 17.8. The minimum absolute atomic E-state index is 0.0489. The van der Waals surface area contributed by atoms with Gasteiger partial charge in [0.15, 0.2) is 0 Å². The van der Waals surface area contributed by atoms with Crippen molar-refractivity contribution in [2.24, 2.45) is 0 Å². The molecule has 144 valence electrons. The molecule has 1 saturated heterocycles. The van der Waals surface area contributed by atoms with Crippen LogP contribution in [-0.2, 0) is 24.3 Å². The van der Waals surface area contributed by atoms with E-state index in [-0.39, 0.29) is 18.1 Å². The lowest BCUT2D eigenvalue weighted by molar-refractivity contribution is -0.117. The quantitative estimate of drug-likeness (QED) is 0.898. The number of nitrogens with one attached hydrogen (secondary N) is 1. The van der Waals surface area contributed by atoms with Crippen LogP contribution < -0.4 is 15.9 Å². The lowest BCUT2D eigenvalue weighted by Gasteiger charge is -2.28. The van der Waals surface area contributed by atoms with Gasteiger partial charge in [-0.05, 0) is 56.4 Å². The highest BCUT2D eigenvalue weighted by molar-refractivity contribution is 5.90. The molecule has 0 spiro atoms. The van der Waals surface area contributed by atoms with Gasteiger partial charge < -0.3 is 10.2 Å². The highest BCUT2D eigenvalue weighted by atomic mass is 16.2. The molecule has 2 aromatic rings. The fourth-order valence-electron chi connectivity index (χ4n) is 3.97. The summed E-state index contributed by atoms with van der Waals surface area (Å²) in [5.74, 6) is 0.576.